The minimum Gasteiger partial charge on any atom is -0.431 e. The SMILES string of the molecule is Cc1cc(C)c(Oc2ncccc2[C@@H](C)O)c([N+](=O)[O-])c1. The second kappa shape index (κ2) is 5.88. The fourth-order valence-corrected chi connectivity index (χ4v) is 2.10. The van der Waals surface area contributed by atoms with E-state index in [-0.39, 0.29) is 17.3 Å². The molecule has 1 atom stereocenters. The Bertz CT molecular complexity index is 683. The average molecular weight is 288 g/mol. The first-order chi connectivity index (χ1) is 9.90. The highest BCUT2D eigenvalue weighted by Gasteiger charge is 2.21. The van der Waals surface area contributed by atoms with Gasteiger partial charge in [0.05, 0.1) is 11.0 Å². The van der Waals surface area contributed by atoms with E-state index in [2.05, 4.69) is 4.98 Å². The number of aliphatic hydroxyl groups excluding tert-OH is 1. The summed E-state index contributed by atoms with van der Waals surface area (Å²) in [6.45, 7) is 5.10. The first kappa shape index (κ1) is 14.9. The fourth-order valence-electron chi connectivity index (χ4n) is 2.10. The summed E-state index contributed by atoms with van der Waals surface area (Å²) < 4.78 is 5.64. The number of hydrogen-bond acceptors (Lipinski definition) is 5. The lowest BCUT2D eigenvalue weighted by atomic mass is 10.1. The average Bonchev–Trinajstić information content (AvgIpc) is 2.41. The van der Waals surface area contributed by atoms with Gasteiger partial charge in [0.25, 0.3) is 0 Å². The summed E-state index contributed by atoms with van der Waals surface area (Å²) >= 11 is 0. The van der Waals surface area contributed by atoms with Gasteiger partial charge in [-0.3, -0.25) is 10.1 Å². The van der Waals surface area contributed by atoms with Crippen molar-refractivity contribution < 1.29 is 14.8 Å². The van der Waals surface area contributed by atoms with Crippen LogP contribution in [0.5, 0.6) is 11.6 Å². The summed E-state index contributed by atoms with van der Waals surface area (Å²) in [5.41, 5.74) is 1.79. The first-order valence-corrected chi connectivity index (χ1v) is 6.46. The van der Waals surface area contributed by atoms with Crippen LogP contribution in [-0.2, 0) is 0 Å². The smallest absolute Gasteiger partial charge is 0.312 e. The van der Waals surface area contributed by atoms with Crippen LogP contribution >= 0.6 is 0 Å². The third kappa shape index (κ3) is 3.17. The van der Waals surface area contributed by atoms with Gasteiger partial charge in [0.2, 0.25) is 11.6 Å². The molecule has 0 amide bonds. The maximum absolute atomic E-state index is 11.2. The number of nitrogens with zero attached hydrogens (tertiary/aromatic N) is 2. The van der Waals surface area contributed by atoms with Crippen LogP contribution in [-0.4, -0.2) is 15.0 Å². The molecule has 0 aliphatic rings. The second-order valence-electron chi connectivity index (χ2n) is 4.86. The highest BCUT2D eigenvalue weighted by molar-refractivity contribution is 5.55. The van der Waals surface area contributed by atoms with Crippen LogP contribution in [0.25, 0.3) is 0 Å². The molecule has 0 bridgehead atoms. The highest BCUT2D eigenvalue weighted by Crippen LogP contribution is 2.36. The number of aliphatic hydroxyl groups is 1. The van der Waals surface area contributed by atoms with Gasteiger partial charge in [-0.2, -0.15) is 0 Å². The molecule has 0 aliphatic heterocycles. The largest absolute Gasteiger partial charge is 0.431 e. The van der Waals surface area contributed by atoms with Crippen LogP contribution in [0.3, 0.4) is 0 Å². The number of hydrogen-bond donors (Lipinski definition) is 1. The Kier molecular flexibility index (Phi) is 4.18. The summed E-state index contributed by atoms with van der Waals surface area (Å²) in [4.78, 5) is 14.8. The molecule has 0 saturated carbocycles. The van der Waals surface area contributed by atoms with E-state index in [4.69, 9.17) is 4.74 Å². The summed E-state index contributed by atoms with van der Waals surface area (Å²) in [7, 11) is 0. The standard InChI is InChI=1S/C15H16N2O4/c1-9-7-10(2)14(13(8-9)17(19)20)21-15-12(11(3)18)5-4-6-16-15/h4-8,11,18H,1-3H3/t11-/m1/s1. The van der Waals surface area contributed by atoms with E-state index in [1.807, 2.05) is 0 Å². The van der Waals surface area contributed by atoms with Crippen molar-refractivity contribution in [1.82, 2.24) is 4.98 Å². The van der Waals surface area contributed by atoms with Crippen LogP contribution in [0.1, 0.15) is 29.7 Å². The molecule has 2 rings (SSSR count). The molecule has 0 saturated heterocycles. The van der Waals surface area contributed by atoms with Crippen molar-refractivity contribution in [3.63, 3.8) is 0 Å². The first-order valence-electron chi connectivity index (χ1n) is 6.46. The Hall–Kier alpha value is -2.47. The number of aryl methyl sites for hydroxylation is 2. The molecule has 0 fully saturated rings. The molecule has 0 radical (unpaired) electrons. The van der Waals surface area contributed by atoms with E-state index in [0.717, 1.165) is 5.56 Å². The molecule has 0 spiro atoms. The summed E-state index contributed by atoms with van der Waals surface area (Å²) in [5.74, 6) is 0.314. The zero-order valence-electron chi connectivity index (χ0n) is 12.0. The van der Waals surface area contributed by atoms with Gasteiger partial charge in [0.1, 0.15) is 0 Å². The topological polar surface area (TPSA) is 85.5 Å². The zero-order valence-corrected chi connectivity index (χ0v) is 12.0. The van der Waals surface area contributed by atoms with E-state index in [1.54, 1.807) is 39.0 Å². The number of nitro groups is 1. The summed E-state index contributed by atoms with van der Waals surface area (Å²) in [5, 5.41) is 20.9. The number of ether oxygens (including phenoxy) is 1. The molecule has 110 valence electrons. The molecule has 6 nitrogen and oxygen atoms in total. The Morgan fingerprint density at radius 2 is 2.10 bits per heavy atom. The van der Waals surface area contributed by atoms with Crippen molar-refractivity contribution in [2.75, 3.05) is 0 Å². The van der Waals surface area contributed by atoms with E-state index in [9.17, 15) is 15.2 Å². The third-order valence-corrected chi connectivity index (χ3v) is 3.05. The Morgan fingerprint density at radius 1 is 1.38 bits per heavy atom. The minimum absolute atomic E-state index is 0.116. The third-order valence-electron chi connectivity index (χ3n) is 3.05. The predicted octanol–water partition coefficient (Wildman–Crippen LogP) is 3.45. The van der Waals surface area contributed by atoms with Gasteiger partial charge < -0.3 is 9.84 Å². The highest BCUT2D eigenvalue weighted by atomic mass is 16.6. The van der Waals surface area contributed by atoms with E-state index >= 15 is 0 Å². The number of pyridine rings is 1. The number of nitro benzene ring substituents is 1. The van der Waals surface area contributed by atoms with Gasteiger partial charge in [-0.05, 0) is 44.0 Å². The lowest BCUT2D eigenvalue weighted by Gasteiger charge is -2.13. The van der Waals surface area contributed by atoms with Crippen molar-refractivity contribution in [1.29, 1.82) is 0 Å². The molecule has 0 unspecified atom stereocenters. The number of rotatable bonds is 4. The van der Waals surface area contributed by atoms with Crippen molar-refractivity contribution in [2.24, 2.45) is 0 Å². The van der Waals surface area contributed by atoms with Crippen molar-refractivity contribution in [3.8, 4) is 11.6 Å². The quantitative estimate of drug-likeness (QED) is 0.688. The van der Waals surface area contributed by atoms with Gasteiger partial charge >= 0.3 is 5.69 Å². The molecule has 1 aromatic heterocycles. The van der Waals surface area contributed by atoms with Crippen LogP contribution < -0.4 is 4.74 Å². The monoisotopic (exact) mass is 288 g/mol. The van der Waals surface area contributed by atoms with Crippen LogP contribution in [0.15, 0.2) is 30.5 Å². The zero-order chi connectivity index (χ0) is 15.6. The maximum Gasteiger partial charge on any atom is 0.312 e. The summed E-state index contributed by atoms with van der Waals surface area (Å²) in [6, 6.07) is 6.59. The van der Waals surface area contributed by atoms with E-state index in [0.29, 0.717) is 11.1 Å². The fraction of sp³-hybridized carbons (Fsp3) is 0.267. The van der Waals surface area contributed by atoms with Gasteiger partial charge in [-0.25, -0.2) is 4.98 Å². The van der Waals surface area contributed by atoms with E-state index < -0.39 is 11.0 Å². The molecule has 1 aromatic carbocycles. The van der Waals surface area contributed by atoms with Gasteiger partial charge in [-0.1, -0.05) is 6.07 Å². The maximum atomic E-state index is 11.2. The molecule has 2 aromatic rings. The van der Waals surface area contributed by atoms with Crippen LogP contribution in [0.2, 0.25) is 0 Å². The van der Waals surface area contributed by atoms with Gasteiger partial charge in [-0.15, -0.1) is 0 Å². The second-order valence-corrected chi connectivity index (χ2v) is 4.86. The Balaban J connectivity index is 2.52. The lowest BCUT2D eigenvalue weighted by molar-refractivity contribution is -0.385. The van der Waals surface area contributed by atoms with Crippen LogP contribution in [0.4, 0.5) is 5.69 Å². The normalized spacial score (nSPS) is 12.0. The lowest BCUT2D eigenvalue weighted by Crippen LogP contribution is -2.01. The predicted molar refractivity (Wildman–Crippen MR) is 77.5 cm³/mol. The molecule has 0 aliphatic carbocycles. The molecule has 1 N–H and O–H groups in total. The molecule has 6 heteroatoms. The minimum atomic E-state index is -0.779. The molecular weight excluding hydrogens is 272 g/mol. The molecular formula is C15H16N2O4. The summed E-state index contributed by atoms with van der Waals surface area (Å²) in [6.07, 6.45) is 0.731. The van der Waals surface area contributed by atoms with E-state index in [1.165, 1.54) is 12.3 Å². The van der Waals surface area contributed by atoms with Crippen LogP contribution in [0, 0.1) is 24.0 Å². The molecule has 21 heavy (non-hydrogen) atoms. The van der Waals surface area contributed by atoms with Crippen molar-refractivity contribution in [3.05, 3.63) is 57.3 Å². The number of benzene rings is 1. The molecule has 1 heterocycles. The Labute approximate surface area is 122 Å². The van der Waals surface area contributed by atoms with Gasteiger partial charge in [0, 0.05) is 17.8 Å². The van der Waals surface area contributed by atoms with Gasteiger partial charge in [0.15, 0.2) is 0 Å². The van der Waals surface area contributed by atoms with Crippen molar-refractivity contribution >= 4 is 5.69 Å². The van der Waals surface area contributed by atoms with Crippen molar-refractivity contribution in [2.45, 2.75) is 26.9 Å². The number of aromatic nitrogens is 1. The Morgan fingerprint density at radius 3 is 2.71 bits per heavy atom.